The summed E-state index contributed by atoms with van der Waals surface area (Å²) in [6.07, 6.45) is 3.54. The van der Waals surface area contributed by atoms with Crippen LogP contribution < -0.4 is 0 Å². The molecule has 0 aliphatic heterocycles. The molecule has 5 heteroatoms. The first kappa shape index (κ1) is 10.5. The molecule has 2 N–H and O–H groups in total. The van der Waals surface area contributed by atoms with Gasteiger partial charge in [0.2, 0.25) is 0 Å². The average Bonchev–Trinajstić information content (AvgIpc) is 1.78. The maximum atomic E-state index is 10.3. The standard InChI is InChI=1S/C5H13O3PS/c1-10-5-3-2-4-9(6,7)8/h2-5H2,1H3,(H2,6,7,8). The molecule has 0 aliphatic rings. The van der Waals surface area contributed by atoms with Crippen LogP contribution in [0, 0.1) is 0 Å². The average molecular weight is 184 g/mol. The molecule has 0 unspecified atom stereocenters. The molecule has 0 aliphatic carbocycles. The summed E-state index contributed by atoms with van der Waals surface area (Å²) in [6.45, 7) is 0. The molecule has 0 atom stereocenters. The zero-order chi connectivity index (χ0) is 8.04. The van der Waals surface area contributed by atoms with E-state index in [0.717, 1.165) is 12.2 Å². The Hall–Kier alpha value is 0.500. The summed E-state index contributed by atoms with van der Waals surface area (Å²) in [6, 6.07) is 0. The lowest BCUT2D eigenvalue weighted by Gasteiger charge is -2.01. The smallest absolute Gasteiger partial charge is 0.324 e. The zero-order valence-electron chi connectivity index (χ0n) is 5.99. The van der Waals surface area contributed by atoms with Crippen LogP contribution in [0.5, 0.6) is 0 Å². The molecule has 0 rings (SSSR count). The molecular weight excluding hydrogens is 171 g/mol. The fourth-order valence-electron chi connectivity index (χ4n) is 0.564. The minimum Gasteiger partial charge on any atom is -0.324 e. The third-order valence-corrected chi connectivity index (χ3v) is 2.64. The van der Waals surface area contributed by atoms with Crippen LogP contribution in [0.3, 0.4) is 0 Å². The van der Waals surface area contributed by atoms with Gasteiger partial charge < -0.3 is 9.79 Å². The van der Waals surface area contributed by atoms with E-state index >= 15 is 0 Å². The Bertz CT molecular complexity index is 122. The summed E-state index contributed by atoms with van der Waals surface area (Å²) >= 11 is 1.70. The number of rotatable bonds is 5. The van der Waals surface area contributed by atoms with Crippen LogP contribution >= 0.6 is 19.4 Å². The van der Waals surface area contributed by atoms with E-state index in [1.54, 1.807) is 11.8 Å². The van der Waals surface area contributed by atoms with Gasteiger partial charge in [-0.05, 0) is 24.9 Å². The second-order valence-corrected chi connectivity index (χ2v) is 4.85. The SMILES string of the molecule is CSCCCCP(=O)(O)O. The number of thioether (sulfide) groups is 1. The van der Waals surface area contributed by atoms with Gasteiger partial charge in [-0.2, -0.15) is 11.8 Å². The number of unbranched alkanes of at least 4 members (excludes halogenated alkanes) is 1. The van der Waals surface area contributed by atoms with E-state index in [0.29, 0.717) is 6.42 Å². The van der Waals surface area contributed by atoms with E-state index < -0.39 is 7.60 Å². The van der Waals surface area contributed by atoms with Crippen LogP contribution in [0.1, 0.15) is 12.8 Å². The van der Waals surface area contributed by atoms with Crippen LogP contribution in [0.25, 0.3) is 0 Å². The van der Waals surface area contributed by atoms with E-state index in [1.165, 1.54) is 0 Å². The lowest BCUT2D eigenvalue weighted by Crippen LogP contribution is -1.88. The first-order valence-corrected chi connectivity index (χ1v) is 6.29. The first-order valence-electron chi connectivity index (χ1n) is 3.10. The minimum absolute atomic E-state index is 0.0353. The van der Waals surface area contributed by atoms with Crippen molar-refractivity contribution in [3.05, 3.63) is 0 Å². The highest BCUT2D eigenvalue weighted by atomic mass is 32.2. The Morgan fingerprint density at radius 3 is 2.40 bits per heavy atom. The lowest BCUT2D eigenvalue weighted by atomic mass is 10.4. The summed E-state index contributed by atoms with van der Waals surface area (Å²) in [4.78, 5) is 16.8. The molecule has 0 spiro atoms. The van der Waals surface area contributed by atoms with Gasteiger partial charge in [0.1, 0.15) is 0 Å². The van der Waals surface area contributed by atoms with Gasteiger partial charge in [0.05, 0.1) is 0 Å². The molecule has 0 saturated heterocycles. The van der Waals surface area contributed by atoms with E-state index in [-0.39, 0.29) is 6.16 Å². The summed E-state index contributed by atoms with van der Waals surface area (Å²) in [5, 5.41) is 0. The van der Waals surface area contributed by atoms with Crippen LogP contribution in [0.2, 0.25) is 0 Å². The molecule has 0 heterocycles. The molecule has 62 valence electrons. The molecule has 10 heavy (non-hydrogen) atoms. The second kappa shape index (κ2) is 5.19. The number of hydrogen-bond acceptors (Lipinski definition) is 2. The van der Waals surface area contributed by atoms with E-state index in [2.05, 4.69) is 0 Å². The van der Waals surface area contributed by atoms with E-state index in [4.69, 9.17) is 9.79 Å². The second-order valence-electron chi connectivity index (χ2n) is 2.09. The third kappa shape index (κ3) is 8.50. The van der Waals surface area contributed by atoms with Gasteiger partial charge in [-0.1, -0.05) is 0 Å². The summed E-state index contributed by atoms with van der Waals surface area (Å²) < 4.78 is 10.3. The van der Waals surface area contributed by atoms with Crippen LogP contribution in [-0.2, 0) is 4.57 Å². The normalized spacial score (nSPS) is 11.9. The van der Waals surface area contributed by atoms with Crippen molar-refractivity contribution in [1.29, 1.82) is 0 Å². The molecule has 0 bridgehead atoms. The van der Waals surface area contributed by atoms with E-state index in [1.807, 2.05) is 6.26 Å². The largest absolute Gasteiger partial charge is 0.325 e. The molecule has 0 aromatic carbocycles. The van der Waals surface area contributed by atoms with Crippen LogP contribution in [-0.4, -0.2) is 28.0 Å². The third-order valence-electron chi connectivity index (χ3n) is 1.05. The Balaban J connectivity index is 3.13. The van der Waals surface area contributed by atoms with Crippen molar-refractivity contribution >= 4 is 19.4 Å². The van der Waals surface area contributed by atoms with Gasteiger partial charge in [0, 0.05) is 6.16 Å². The highest BCUT2D eigenvalue weighted by Crippen LogP contribution is 2.35. The van der Waals surface area contributed by atoms with Crippen molar-refractivity contribution in [3.63, 3.8) is 0 Å². The zero-order valence-corrected chi connectivity index (χ0v) is 7.70. The quantitative estimate of drug-likeness (QED) is 0.499. The van der Waals surface area contributed by atoms with Crippen molar-refractivity contribution < 1.29 is 14.4 Å². The fourth-order valence-corrected chi connectivity index (χ4v) is 1.69. The van der Waals surface area contributed by atoms with Gasteiger partial charge in [0.15, 0.2) is 0 Å². The van der Waals surface area contributed by atoms with Crippen LogP contribution in [0.4, 0.5) is 0 Å². The molecule has 0 radical (unpaired) electrons. The van der Waals surface area contributed by atoms with Gasteiger partial charge in [-0.3, -0.25) is 4.57 Å². The Morgan fingerprint density at radius 2 is 2.00 bits per heavy atom. The Kier molecular flexibility index (Phi) is 5.45. The monoisotopic (exact) mass is 184 g/mol. The topological polar surface area (TPSA) is 57.5 Å². The first-order chi connectivity index (χ1) is 4.56. The highest BCUT2D eigenvalue weighted by Gasteiger charge is 2.10. The highest BCUT2D eigenvalue weighted by molar-refractivity contribution is 7.98. The number of hydrogen-bond donors (Lipinski definition) is 2. The molecule has 0 fully saturated rings. The maximum Gasteiger partial charge on any atom is 0.325 e. The van der Waals surface area contributed by atoms with Crippen molar-refractivity contribution in [2.45, 2.75) is 12.8 Å². The Labute approximate surface area is 65.4 Å². The van der Waals surface area contributed by atoms with Gasteiger partial charge in [0.25, 0.3) is 0 Å². The van der Waals surface area contributed by atoms with Crippen molar-refractivity contribution in [3.8, 4) is 0 Å². The van der Waals surface area contributed by atoms with Crippen molar-refractivity contribution in [2.75, 3.05) is 18.2 Å². The predicted octanol–water partition coefficient (Wildman–Crippen LogP) is 1.31. The van der Waals surface area contributed by atoms with Crippen LogP contribution in [0.15, 0.2) is 0 Å². The summed E-state index contributed by atoms with van der Waals surface area (Å²) in [5.74, 6) is 0.986. The lowest BCUT2D eigenvalue weighted by molar-refractivity contribution is 0.371. The molecule has 0 aromatic rings. The van der Waals surface area contributed by atoms with Gasteiger partial charge in [-0.25, -0.2) is 0 Å². The van der Waals surface area contributed by atoms with Gasteiger partial charge >= 0.3 is 7.60 Å². The minimum atomic E-state index is -3.72. The van der Waals surface area contributed by atoms with Crippen molar-refractivity contribution in [2.24, 2.45) is 0 Å². The molecule has 3 nitrogen and oxygen atoms in total. The van der Waals surface area contributed by atoms with Gasteiger partial charge in [-0.15, -0.1) is 0 Å². The molecular formula is C5H13O3PS. The van der Waals surface area contributed by atoms with Crippen molar-refractivity contribution in [1.82, 2.24) is 0 Å². The molecule has 0 saturated carbocycles. The molecule has 0 aromatic heterocycles. The Morgan fingerprint density at radius 1 is 1.40 bits per heavy atom. The summed E-state index contributed by atoms with van der Waals surface area (Å²) in [5.41, 5.74) is 0. The molecule has 0 amide bonds. The van der Waals surface area contributed by atoms with E-state index in [9.17, 15) is 4.57 Å². The summed E-state index contributed by atoms with van der Waals surface area (Å²) in [7, 11) is -3.72. The predicted molar refractivity (Wildman–Crippen MR) is 44.5 cm³/mol. The maximum absolute atomic E-state index is 10.3. The fraction of sp³-hybridized carbons (Fsp3) is 1.00.